The third kappa shape index (κ3) is 7.22. The summed E-state index contributed by atoms with van der Waals surface area (Å²) in [6.45, 7) is 2.99. The van der Waals surface area contributed by atoms with Gasteiger partial charge in [0.25, 0.3) is 0 Å². The fourth-order valence-corrected chi connectivity index (χ4v) is 3.31. The monoisotopic (exact) mass is 463 g/mol. The summed E-state index contributed by atoms with van der Waals surface area (Å²) < 4.78 is 45.9. The Morgan fingerprint density at radius 1 is 1.12 bits per heavy atom. The molecule has 2 aromatic carbocycles. The summed E-state index contributed by atoms with van der Waals surface area (Å²) in [4.78, 5) is 23.7. The summed E-state index contributed by atoms with van der Waals surface area (Å²) in [7, 11) is 0. The minimum Gasteiger partial charge on any atom is -0.481 e. The third-order valence-electron chi connectivity index (χ3n) is 4.90. The second-order valence-corrected chi connectivity index (χ2v) is 7.19. The lowest BCUT2D eigenvalue weighted by Gasteiger charge is -2.25. The number of carboxylic acid groups (broad SMARTS) is 1. The Balaban J connectivity index is 2.42. The average Bonchev–Trinajstić information content (AvgIpc) is 2.75. The van der Waals surface area contributed by atoms with Crippen LogP contribution in [0.2, 0.25) is 0 Å². The van der Waals surface area contributed by atoms with E-state index in [2.05, 4.69) is 10.6 Å². The number of ether oxygens (including phenoxy) is 1. The molecular weight excluding hydrogens is 439 g/mol. The van der Waals surface area contributed by atoms with Crippen molar-refractivity contribution in [2.75, 3.05) is 17.2 Å². The number of nitriles is 1. The number of halogens is 3. The number of rotatable bonds is 9. The third-order valence-corrected chi connectivity index (χ3v) is 4.90. The van der Waals surface area contributed by atoms with Gasteiger partial charge in [-0.25, -0.2) is 4.79 Å². The van der Waals surface area contributed by atoms with Gasteiger partial charge in [0.05, 0.1) is 18.1 Å². The van der Waals surface area contributed by atoms with Gasteiger partial charge in [0.2, 0.25) is 0 Å². The van der Waals surface area contributed by atoms with Crippen LogP contribution in [0.15, 0.2) is 42.5 Å². The quantitative estimate of drug-likeness (QED) is 0.435. The predicted octanol–water partition coefficient (Wildman–Crippen LogP) is 5.81. The average molecular weight is 463 g/mol. The Morgan fingerprint density at radius 3 is 2.30 bits per heavy atom. The summed E-state index contributed by atoms with van der Waals surface area (Å²) in [5.41, 5.74) is 0.754. The molecule has 0 aliphatic rings. The molecule has 0 unspecified atom stereocenters. The Hall–Kier alpha value is -3.58. The second-order valence-electron chi connectivity index (χ2n) is 7.19. The molecule has 0 bridgehead atoms. The molecule has 0 aromatic heterocycles. The van der Waals surface area contributed by atoms with Crippen LogP contribution in [0, 0.1) is 11.3 Å². The van der Waals surface area contributed by atoms with Gasteiger partial charge in [-0.15, -0.1) is 0 Å². The van der Waals surface area contributed by atoms with Gasteiger partial charge in [0.15, 0.2) is 6.10 Å². The van der Waals surface area contributed by atoms with Crippen molar-refractivity contribution in [3.8, 4) is 6.07 Å². The number of urea groups is 1. The van der Waals surface area contributed by atoms with Crippen LogP contribution in [0.3, 0.4) is 0 Å². The molecule has 3 N–H and O–H groups in total. The molecule has 0 spiro atoms. The van der Waals surface area contributed by atoms with Crippen molar-refractivity contribution >= 4 is 23.4 Å². The zero-order valence-electron chi connectivity index (χ0n) is 18.1. The molecule has 0 radical (unpaired) electrons. The summed E-state index contributed by atoms with van der Waals surface area (Å²) in [6.07, 6.45) is -6.78. The fourth-order valence-electron chi connectivity index (χ4n) is 3.31. The molecule has 2 aromatic rings. The number of carboxylic acids is 1. The molecule has 10 heteroatoms. The lowest BCUT2D eigenvalue weighted by atomic mass is 9.91. The molecule has 176 valence electrons. The lowest BCUT2D eigenvalue weighted by molar-refractivity contribution is -0.222. The molecule has 2 atom stereocenters. The number of amides is 2. The number of alkyl halides is 3. The Kier molecular flexibility index (Phi) is 8.82. The molecule has 7 nitrogen and oxygen atoms in total. The van der Waals surface area contributed by atoms with Crippen molar-refractivity contribution in [2.24, 2.45) is 0 Å². The summed E-state index contributed by atoms with van der Waals surface area (Å²) in [5.74, 6) is -1.49. The van der Waals surface area contributed by atoms with Crippen molar-refractivity contribution in [1.29, 1.82) is 5.26 Å². The first kappa shape index (κ1) is 25.7. The molecule has 33 heavy (non-hydrogen) atoms. The highest BCUT2D eigenvalue weighted by Crippen LogP contribution is 2.40. The van der Waals surface area contributed by atoms with E-state index in [1.165, 1.54) is 49.4 Å². The van der Waals surface area contributed by atoms with E-state index < -0.39 is 30.2 Å². The number of hydrogen-bond acceptors (Lipinski definition) is 4. The van der Waals surface area contributed by atoms with Crippen LogP contribution in [0.4, 0.5) is 29.3 Å². The van der Waals surface area contributed by atoms with Crippen LogP contribution in [-0.2, 0) is 9.53 Å². The number of hydrogen-bond donors (Lipinski definition) is 3. The zero-order chi connectivity index (χ0) is 24.6. The summed E-state index contributed by atoms with van der Waals surface area (Å²) in [6, 6.07) is 11.0. The molecule has 0 fully saturated rings. The van der Waals surface area contributed by atoms with Gasteiger partial charge in [-0.3, -0.25) is 4.79 Å². The molecular formula is C23H24F3N3O4. The van der Waals surface area contributed by atoms with E-state index in [-0.39, 0.29) is 24.3 Å². The molecule has 0 saturated heterocycles. The Labute approximate surface area is 189 Å². The van der Waals surface area contributed by atoms with Crippen LogP contribution >= 0.6 is 0 Å². The van der Waals surface area contributed by atoms with E-state index in [0.717, 1.165) is 0 Å². The summed E-state index contributed by atoms with van der Waals surface area (Å²) in [5, 5.41) is 22.9. The van der Waals surface area contributed by atoms with Gasteiger partial charge in [-0.05, 0) is 55.2 Å². The van der Waals surface area contributed by atoms with Gasteiger partial charge in [-0.1, -0.05) is 19.1 Å². The fraction of sp³-hybridized carbons (Fsp3) is 0.348. The first-order valence-corrected chi connectivity index (χ1v) is 10.2. The topological polar surface area (TPSA) is 111 Å². The van der Waals surface area contributed by atoms with Crippen molar-refractivity contribution in [1.82, 2.24) is 0 Å². The van der Waals surface area contributed by atoms with Crippen LogP contribution in [-0.4, -0.2) is 29.9 Å². The Morgan fingerprint density at radius 2 is 1.79 bits per heavy atom. The zero-order valence-corrected chi connectivity index (χ0v) is 18.1. The van der Waals surface area contributed by atoms with Crippen LogP contribution < -0.4 is 10.6 Å². The van der Waals surface area contributed by atoms with Crippen LogP contribution in [0.25, 0.3) is 0 Å². The highest BCUT2D eigenvalue weighted by Gasteiger charge is 2.43. The number of carbonyl (C=O) groups is 2. The highest BCUT2D eigenvalue weighted by molar-refractivity contribution is 6.00. The molecule has 2 rings (SSSR count). The minimum atomic E-state index is -4.73. The minimum absolute atomic E-state index is 0.141. The highest BCUT2D eigenvalue weighted by atomic mass is 19.4. The maximum Gasteiger partial charge on any atom is 0.418 e. The first-order valence-electron chi connectivity index (χ1n) is 10.2. The SMILES string of the molecule is CCO[C@H](c1ccc([C@@H](CC)CC(=O)O)cc1NC(=O)Nc1ccc(C#N)cc1)C(F)(F)F. The first-order chi connectivity index (χ1) is 15.6. The normalized spacial score (nSPS) is 13.0. The number of carbonyl (C=O) groups excluding carboxylic acids is 1. The standard InChI is InChI=1S/C23H24F3N3O4/c1-3-15(12-20(30)31)16-7-10-18(21(33-4-2)23(24,25)26)19(11-16)29-22(32)28-17-8-5-14(13-27)6-9-17/h5-11,15,21H,3-4,12H2,1-2H3,(H,30,31)(H2,28,29,32)/t15-,21+/m0/s1. The van der Waals surface area contributed by atoms with Crippen LogP contribution in [0.5, 0.6) is 0 Å². The smallest absolute Gasteiger partial charge is 0.418 e. The molecule has 0 saturated carbocycles. The Bertz CT molecular complexity index is 1020. The lowest BCUT2D eigenvalue weighted by Crippen LogP contribution is -2.27. The van der Waals surface area contributed by atoms with Gasteiger partial charge >= 0.3 is 18.2 Å². The van der Waals surface area contributed by atoms with Crippen molar-refractivity contribution in [3.63, 3.8) is 0 Å². The maximum absolute atomic E-state index is 13.7. The largest absolute Gasteiger partial charge is 0.481 e. The van der Waals surface area contributed by atoms with E-state index >= 15 is 0 Å². The number of nitrogens with zero attached hydrogens (tertiary/aromatic N) is 1. The van der Waals surface area contributed by atoms with E-state index in [1.54, 1.807) is 6.92 Å². The van der Waals surface area contributed by atoms with E-state index in [4.69, 9.17) is 15.1 Å². The number of nitrogens with one attached hydrogen (secondary N) is 2. The van der Waals surface area contributed by atoms with Crippen LogP contribution in [0.1, 0.15) is 55.4 Å². The van der Waals surface area contributed by atoms with E-state index in [9.17, 15) is 22.8 Å². The summed E-state index contributed by atoms with van der Waals surface area (Å²) >= 11 is 0. The maximum atomic E-state index is 13.7. The second kappa shape index (κ2) is 11.3. The number of anilines is 2. The molecule has 0 heterocycles. The van der Waals surface area contributed by atoms with E-state index in [1.807, 2.05) is 6.07 Å². The van der Waals surface area contributed by atoms with Crippen molar-refractivity contribution in [3.05, 3.63) is 59.2 Å². The van der Waals surface area contributed by atoms with Crippen molar-refractivity contribution < 1.29 is 32.6 Å². The molecule has 0 aliphatic carbocycles. The van der Waals surface area contributed by atoms with E-state index in [0.29, 0.717) is 23.2 Å². The van der Waals surface area contributed by atoms with Gasteiger partial charge in [0.1, 0.15) is 0 Å². The number of benzene rings is 2. The van der Waals surface area contributed by atoms with Gasteiger partial charge in [-0.2, -0.15) is 18.4 Å². The molecule has 2 amide bonds. The predicted molar refractivity (Wildman–Crippen MR) is 116 cm³/mol. The van der Waals surface area contributed by atoms with Crippen molar-refractivity contribution in [2.45, 2.75) is 44.9 Å². The van der Waals surface area contributed by atoms with Gasteiger partial charge < -0.3 is 20.5 Å². The molecule has 0 aliphatic heterocycles. The number of aliphatic carboxylic acids is 1. The van der Waals surface area contributed by atoms with Gasteiger partial charge in [0, 0.05) is 23.5 Å².